The molecule has 3 aromatic rings. The number of amides is 1. The Balaban J connectivity index is 1.63. The second-order valence-electron chi connectivity index (χ2n) is 6.65. The normalized spacial score (nSPS) is 11.4. The Bertz CT molecular complexity index is 1090. The summed E-state index contributed by atoms with van der Waals surface area (Å²) in [4.78, 5) is 16.8. The molecule has 2 aromatic carbocycles. The first-order valence-corrected chi connectivity index (χ1v) is 11.2. The number of anilines is 1. The van der Waals surface area contributed by atoms with Crippen LogP contribution in [0.3, 0.4) is 0 Å². The summed E-state index contributed by atoms with van der Waals surface area (Å²) in [5.74, 6) is -0.441. The van der Waals surface area contributed by atoms with Crippen LogP contribution in [0, 0.1) is 5.82 Å². The molecular formula is C20H20FN3O3S2. The van der Waals surface area contributed by atoms with Crippen LogP contribution >= 0.6 is 11.3 Å². The average Bonchev–Trinajstić information content (AvgIpc) is 3.17. The molecule has 0 unspecified atom stereocenters. The van der Waals surface area contributed by atoms with Gasteiger partial charge in [0.15, 0.2) is 0 Å². The molecule has 3 rings (SSSR count). The van der Waals surface area contributed by atoms with Crippen molar-refractivity contribution in [2.24, 2.45) is 0 Å². The molecule has 0 saturated carbocycles. The van der Waals surface area contributed by atoms with Crippen LogP contribution in [0.4, 0.5) is 10.1 Å². The van der Waals surface area contributed by atoms with Gasteiger partial charge in [-0.2, -0.15) is 0 Å². The van der Waals surface area contributed by atoms with Crippen LogP contribution in [-0.2, 0) is 16.6 Å². The summed E-state index contributed by atoms with van der Waals surface area (Å²) >= 11 is 1.55. The molecule has 1 aromatic heterocycles. The number of thiazole rings is 1. The summed E-state index contributed by atoms with van der Waals surface area (Å²) in [6.45, 7) is 4.41. The Labute approximate surface area is 172 Å². The maximum absolute atomic E-state index is 13.0. The van der Waals surface area contributed by atoms with Gasteiger partial charge in [0.1, 0.15) is 5.82 Å². The van der Waals surface area contributed by atoms with Crippen molar-refractivity contribution in [3.05, 3.63) is 76.0 Å². The van der Waals surface area contributed by atoms with Crippen molar-refractivity contribution in [2.75, 3.05) is 4.72 Å². The lowest BCUT2D eigenvalue weighted by molar-refractivity contribution is 0.0950. The first kappa shape index (κ1) is 20.9. The van der Waals surface area contributed by atoms with Crippen molar-refractivity contribution in [2.45, 2.75) is 31.2 Å². The van der Waals surface area contributed by atoms with Gasteiger partial charge in [0.05, 0.1) is 22.1 Å². The highest BCUT2D eigenvalue weighted by molar-refractivity contribution is 7.92. The van der Waals surface area contributed by atoms with Gasteiger partial charge < -0.3 is 5.32 Å². The Morgan fingerprint density at radius 2 is 1.76 bits per heavy atom. The SMILES string of the molecule is CC(C)c1nc(CNC(=O)c2ccc(S(=O)(=O)Nc3ccc(F)cc3)cc2)cs1. The molecule has 29 heavy (non-hydrogen) atoms. The fraction of sp³-hybridized carbons (Fsp3) is 0.200. The van der Waals surface area contributed by atoms with E-state index in [1.165, 1.54) is 36.4 Å². The lowest BCUT2D eigenvalue weighted by atomic mass is 10.2. The third kappa shape index (κ3) is 5.39. The van der Waals surface area contributed by atoms with E-state index in [9.17, 15) is 17.6 Å². The summed E-state index contributed by atoms with van der Waals surface area (Å²) in [5, 5.41) is 5.70. The van der Waals surface area contributed by atoms with Gasteiger partial charge in [-0.3, -0.25) is 9.52 Å². The fourth-order valence-electron chi connectivity index (χ4n) is 2.46. The van der Waals surface area contributed by atoms with Crippen molar-refractivity contribution in [1.82, 2.24) is 10.3 Å². The average molecular weight is 434 g/mol. The number of sulfonamides is 1. The van der Waals surface area contributed by atoms with E-state index in [-0.39, 0.29) is 16.5 Å². The molecule has 1 amide bonds. The first-order chi connectivity index (χ1) is 13.7. The third-order valence-corrected chi connectivity index (χ3v) is 6.61. The number of benzene rings is 2. The van der Waals surface area contributed by atoms with Crippen LogP contribution < -0.4 is 10.0 Å². The van der Waals surface area contributed by atoms with Crippen LogP contribution in [0.5, 0.6) is 0 Å². The minimum Gasteiger partial charge on any atom is -0.346 e. The van der Waals surface area contributed by atoms with E-state index in [0.29, 0.717) is 18.0 Å². The van der Waals surface area contributed by atoms with Gasteiger partial charge in [0, 0.05) is 22.5 Å². The van der Waals surface area contributed by atoms with E-state index in [1.807, 2.05) is 5.38 Å². The van der Waals surface area contributed by atoms with E-state index >= 15 is 0 Å². The van der Waals surface area contributed by atoms with Crippen LogP contribution in [-0.4, -0.2) is 19.3 Å². The maximum Gasteiger partial charge on any atom is 0.261 e. The van der Waals surface area contributed by atoms with E-state index in [2.05, 4.69) is 28.9 Å². The first-order valence-electron chi connectivity index (χ1n) is 8.85. The highest BCUT2D eigenvalue weighted by Crippen LogP contribution is 2.19. The zero-order chi connectivity index (χ0) is 21.0. The van der Waals surface area contributed by atoms with Gasteiger partial charge in [-0.15, -0.1) is 11.3 Å². The molecule has 2 N–H and O–H groups in total. The highest BCUT2D eigenvalue weighted by Gasteiger charge is 2.15. The third-order valence-electron chi connectivity index (χ3n) is 4.02. The molecule has 9 heteroatoms. The Kier molecular flexibility index (Phi) is 6.29. The predicted molar refractivity (Wildman–Crippen MR) is 111 cm³/mol. The standard InChI is InChI=1S/C20H20FN3O3S2/c1-13(2)20-23-17(12-28-20)11-22-19(25)14-3-9-18(10-4-14)29(26,27)24-16-7-5-15(21)6-8-16/h3-10,12-13,24H,11H2,1-2H3,(H,22,25). The minimum atomic E-state index is -3.84. The fourth-order valence-corrected chi connectivity index (χ4v) is 4.35. The van der Waals surface area contributed by atoms with E-state index in [0.717, 1.165) is 22.8 Å². The molecular weight excluding hydrogens is 413 g/mol. The maximum atomic E-state index is 13.0. The van der Waals surface area contributed by atoms with Gasteiger partial charge in [-0.05, 0) is 48.5 Å². The lowest BCUT2D eigenvalue weighted by Gasteiger charge is -2.09. The second-order valence-corrected chi connectivity index (χ2v) is 9.22. The molecule has 0 radical (unpaired) electrons. The van der Waals surface area contributed by atoms with Crippen LogP contribution in [0.1, 0.15) is 40.8 Å². The zero-order valence-corrected chi connectivity index (χ0v) is 17.5. The quantitative estimate of drug-likeness (QED) is 0.586. The number of halogens is 1. The van der Waals surface area contributed by atoms with Crippen LogP contribution in [0.2, 0.25) is 0 Å². The smallest absolute Gasteiger partial charge is 0.261 e. The topological polar surface area (TPSA) is 88.2 Å². The number of hydrogen-bond acceptors (Lipinski definition) is 5. The van der Waals surface area contributed by atoms with Gasteiger partial charge >= 0.3 is 0 Å². The molecule has 0 atom stereocenters. The molecule has 0 aliphatic heterocycles. The molecule has 0 fully saturated rings. The predicted octanol–water partition coefficient (Wildman–Crippen LogP) is 4.14. The van der Waals surface area contributed by atoms with E-state index < -0.39 is 15.8 Å². The highest BCUT2D eigenvalue weighted by atomic mass is 32.2. The van der Waals surface area contributed by atoms with Crippen molar-refractivity contribution in [3.63, 3.8) is 0 Å². The molecule has 0 saturated heterocycles. The number of nitrogens with one attached hydrogen (secondary N) is 2. The van der Waals surface area contributed by atoms with Crippen LogP contribution in [0.25, 0.3) is 0 Å². The van der Waals surface area contributed by atoms with Gasteiger partial charge in [-0.1, -0.05) is 13.8 Å². The number of rotatable bonds is 7. The minimum absolute atomic E-state index is 0.000508. The zero-order valence-electron chi connectivity index (χ0n) is 15.8. The summed E-state index contributed by atoms with van der Waals surface area (Å²) < 4.78 is 40.2. The van der Waals surface area contributed by atoms with Crippen molar-refractivity contribution in [1.29, 1.82) is 0 Å². The molecule has 0 aliphatic rings. The van der Waals surface area contributed by atoms with Gasteiger partial charge in [0.25, 0.3) is 15.9 Å². The summed E-state index contributed by atoms with van der Waals surface area (Å²) in [5.41, 5.74) is 1.37. The summed E-state index contributed by atoms with van der Waals surface area (Å²) in [6, 6.07) is 10.6. The molecule has 0 bridgehead atoms. The Hall–Kier alpha value is -2.78. The summed E-state index contributed by atoms with van der Waals surface area (Å²) in [7, 11) is -3.84. The molecule has 0 spiro atoms. The molecule has 1 heterocycles. The monoisotopic (exact) mass is 433 g/mol. The van der Waals surface area contributed by atoms with E-state index in [4.69, 9.17) is 0 Å². The molecule has 152 valence electrons. The number of aromatic nitrogens is 1. The number of hydrogen-bond donors (Lipinski definition) is 2. The summed E-state index contributed by atoms with van der Waals surface area (Å²) in [6.07, 6.45) is 0. The Morgan fingerprint density at radius 1 is 1.10 bits per heavy atom. The van der Waals surface area contributed by atoms with Crippen molar-refractivity contribution in [3.8, 4) is 0 Å². The van der Waals surface area contributed by atoms with Crippen molar-refractivity contribution < 1.29 is 17.6 Å². The number of carbonyl (C=O) groups is 1. The second kappa shape index (κ2) is 8.71. The molecule has 0 aliphatic carbocycles. The lowest BCUT2D eigenvalue weighted by Crippen LogP contribution is -2.23. The van der Waals surface area contributed by atoms with Gasteiger partial charge in [0.2, 0.25) is 0 Å². The van der Waals surface area contributed by atoms with Crippen LogP contribution in [0.15, 0.2) is 58.8 Å². The largest absolute Gasteiger partial charge is 0.346 e. The van der Waals surface area contributed by atoms with Crippen molar-refractivity contribution >= 4 is 33.0 Å². The van der Waals surface area contributed by atoms with Gasteiger partial charge in [-0.25, -0.2) is 17.8 Å². The molecule has 6 nitrogen and oxygen atoms in total. The number of carbonyl (C=O) groups excluding carboxylic acids is 1. The number of nitrogens with zero attached hydrogens (tertiary/aromatic N) is 1. The van der Waals surface area contributed by atoms with E-state index in [1.54, 1.807) is 11.3 Å². The Morgan fingerprint density at radius 3 is 2.34 bits per heavy atom.